The van der Waals surface area contributed by atoms with Crippen molar-refractivity contribution in [2.75, 3.05) is 18.4 Å². The summed E-state index contributed by atoms with van der Waals surface area (Å²) < 4.78 is 5.24. The lowest BCUT2D eigenvalue weighted by atomic mass is 9.97. The van der Waals surface area contributed by atoms with Crippen LogP contribution in [0.2, 0.25) is 0 Å². The highest BCUT2D eigenvalue weighted by atomic mass is 16.5. The van der Waals surface area contributed by atoms with Crippen LogP contribution in [-0.2, 0) is 10.2 Å². The average Bonchev–Trinajstić information content (AvgIpc) is 3.68. The van der Waals surface area contributed by atoms with Crippen LogP contribution in [0.5, 0.6) is 0 Å². The summed E-state index contributed by atoms with van der Waals surface area (Å²) in [5.41, 5.74) is 3.22. The molecule has 2 atom stereocenters. The molecular weight excluding hydrogens is 496 g/mol. The Morgan fingerprint density at radius 3 is 2.69 bits per heavy atom. The number of benzene rings is 1. The number of rotatable bonds is 7. The molecule has 0 radical (unpaired) electrons. The molecule has 4 aromatic rings. The normalized spacial score (nSPS) is 16.3. The molecule has 0 saturated carbocycles. The Labute approximate surface area is 226 Å². The van der Waals surface area contributed by atoms with E-state index in [1.165, 1.54) is 6.08 Å². The van der Waals surface area contributed by atoms with Crippen molar-refractivity contribution in [3.8, 4) is 11.1 Å². The predicted octanol–water partition coefficient (Wildman–Crippen LogP) is 4.00. The molecular formula is C28H32N8O3. The Hall–Kier alpha value is -4.54. The molecule has 1 aliphatic rings. The highest BCUT2D eigenvalue weighted by Crippen LogP contribution is 2.33. The fourth-order valence-corrected chi connectivity index (χ4v) is 4.61. The molecule has 39 heavy (non-hydrogen) atoms. The number of nitrogens with one attached hydrogen (secondary N) is 3. The molecule has 1 saturated heterocycles. The average molecular weight is 529 g/mol. The zero-order valence-electron chi connectivity index (χ0n) is 22.5. The third-order valence-electron chi connectivity index (χ3n) is 6.82. The Morgan fingerprint density at radius 2 is 2.00 bits per heavy atom. The zero-order chi connectivity index (χ0) is 27.7. The van der Waals surface area contributed by atoms with Gasteiger partial charge in [0.05, 0.1) is 11.4 Å². The van der Waals surface area contributed by atoms with Crippen LogP contribution in [0.15, 0.2) is 53.7 Å². The van der Waals surface area contributed by atoms with Gasteiger partial charge >= 0.3 is 0 Å². The number of nitrogens with zero attached hydrogens (tertiary/aromatic N) is 5. The maximum atomic E-state index is 12.7. The third kappa shape index (κ3) is 5.38. The summed E-state index contributed by atoms with van der Waals surface area (Å²) in [5.74, 6) is 0.672. The van der Waals surface area contributed by atoms with Crippen molar-refractivity contribution < 1.29 is 14.1 Å². The molecule has 4 heterocycles. The van der Waals surface area contributed by atoms with E-state index in [4.69, 9.17) is 4.52 Å². The molecule has 1 aliphatic heterocycles. The summed E-state index contributed by atoms with van der Waals surface area (Å²) in [6, 6.07) is 9.74. The summed E-state index contributed by atoms with van der Waals surface area (Å²) >= 11 is 0. The van der Waals surface area contributed by atoms with Crippen LogP contribution in [0.3, 0.4) is 0 Å². The molecule has 3 aromatic heterocycles. The fraction of sp³-hybridized carbons (Fsp3) is 0.357. The Bertz CT molecular complexity index is 1520. The van der Waals surface area contributed by atoms with Crippen molar-refractivity contribution in [2.24, 2.45) is 0 Å². The van der Waals surface area contributed by atoms with Crippen LogP contribution in [0.1, 0.15) is 62.2 Å². The van der Waals surface area contributed by atoms with Gasteiger partial charge in [-0.15, -0.1) is 0 Å². The van der Waals surface area contributed by atoms with Gasteiger partial charge in [0, 0.05) is 30.7 Å². The number of carbonyl (C=O) groups excluding carboxylic acids is 2. The number of pyridine rings is 1. The Morgan fingerprint density at radius 1 is 1.23 bits per heavy atom. The van der Waals surface area contributed by atoms with Crippen LogP contribution < -0.4 is 10.6 Å². The lowest BCUT2D eigenvalue weighted by Gasteiger charge is -2.16. The van der Waals surface area contributed by atoms with Gasteiger partial charge in [-0.3, -0.25) is 14.7 Å². The van der Waals surface area contributed by atoms with Crippen molar-refractivity contribution in [1.82, 2.24) is 35.5 Å². The first-order valence-electron chi connectivity index (χ1n) is 12.9. The first-order valence-corrected chi connectivity index (χ1v) is 12.9. The van der Waals surface area contributed by atoms with Crippen molar-refractivity contribution >= 4 is 28.7 Å². The van der Waals surface area contributed by atoms with Crippen molar-refractivity contribution in [3.63, 3.8) is 0 Å². The van der Waals surface area contributed by atoms with Crippen molar-refractivity contribution in [3.05, 3.63) is 66.5 Å². The first kappa shape index (κ1) is 26.1. The minimum Gasteiger partial charge on any atom is -0.363 e. The molecule has 0 aliphatic carbocycles. The number of anilines is 1. The number of H-pyrrole nitrogens is 1. The molecule has 0 unspecified atom stereocenters. The highest BCUT2D eigenvalue weighted by Gasteiger charge is 2.27. The van der Waals surface area contributed by atoms with E-state index >= 15 is 0 Å². The standard InChI is InChI=1S/C28H32N8O3/c1-6-21(37)36-14-12-19(15-36)31-24-22-20(11-13-29-23(22)33-34-24)18-9-7-17(8-10-18)16(2)30-26(38)25-32-27(39-35-25)28(3,4)5/h6-11,13,16,19H,1,12,14-15H2,2-5H3,(H,30,38)(H2,29,31,33,34)/t16-,19+/m0/s1. The quantitative estimate of drug-likeness (QED) is 0.306. The van der Waals surface area contributed by atoms with E-state index in [0.29, 0.717) is 30.4 Å². The number of carbonyl (C=O) groups is 2. The van der Waals surface area contributed by atoms with Gasteiger partial charge in [-0.25, -0.2) is 4.98 Å². The predicted molar refractivity (Wildman–Crippen MR) is 147 cm³/mol. The number of hydrogen-bond donors (Lipinski definition) is 3. The minimum atomic E-state index is -0.393. The number of likely N-dealkylation sites (tertiary alicyclic amines) is 1. The van der Waals surface area contributed by atoms with Gasteiger partial charge in [0.1, 0.15) is 0 Å². The highest BCUT2D eigenvalue weighted by molar-refractivity contribution is 6.00. The summed E-state index contributed by atoms with van der Waals surface area (Å²) in [4.78, 5) is 35.1. The van der Waals surface area contributed by atoms with Crippen LogP contribution in [0, 0.1) is 0 Å². The molecule has 11 nitrogen and oxygen atoms in total. The van der Waals surface area contributed by atoms with E-state index in [-0.39, 0.29) is 29.2 Å². The van der Waals surface area contributed by atoms with E-state index in [1.807, 2.05) is 58.0 Å². The summed E-state index contributed by atoms with van der Waals surface area (Å²) in [6.45, 7) is 12.6. The molecule has 0 bridgehead atoms. The molecule has 202 valence electrons. The molecule has 0 spiro atoms. The van der Waals surface area contributed by atoms with Crippen LogP contribution in [-0.4, -0.2) is 61.2 Å². The summed E-state index contributed by atoms with van der Waals surface area (Å²) in [6.07, 6.45) is 3.91. The number of aromatic amines is 1. The van der Waals surface area contributed by atoms with Crippen LogP contribution in [0.25, 0.3) is 22.2 Å². The van der Waals surface area contributed by atoms with Gasteiger partial charge in [0.25, 0.3) is 11.7 Å². The molecule has 5 rings (SSSR count). The second-order valence-corrected chi connectivity index (χ2v) is 10.8. The minimum absolute atomic E-state index is 0.0156. The monoisotopic (exact) mass is 528 g/mol. The number of hydrogen-bond acceptors (Lipinski definition) is 8. The van der Waals surface area contributed by atoms with E-state index in [9.17, 15) is 9.59 Å². The maximum absolute atomic E-state index is 12.7. The van der Waals surface area contributed by atoms with Gasteiger partial charge in [0.2, 0.25) is 11.8 Å². The smallest absolute Gasteiger partial charge is 0.293 e. The SMILES string of the molecule is C=CC(=O)N1CC[C@@H](Nc2n[nH]c3nccc(-c4ccc([C@H](C)NC(=O)c5noc(C(C)(C)C)n5)cc4)c23)C1. The van der Waals surface area contributed by atoms with E-state index in [1.54, 1.807) is 11.1 Å². The topological polar surface area (TPSA) is 142 Å². The largest absolute Gasteiger partial charge is 0.363 e. The van der Waals surface area contributed by atoms with E-state index in [0.717, 1.165) is 28.5 Å². The van der Waals surface area contributed by atoms with E-state index in [2.05, 4.69) is 42.5 Å². The van der Waals surface area contributed by atoms with Crippen LogP contribution in [0.4, 0.5) is 5.82 Å². The van der Waals surface area contributed by atoms with Crippen molar-refractivity contribution in [1.29, 1.82) is 0 Å². The fourth-order valence-electron chi connectivity index (χ4n) is 4.61. The molecule has 11 heteroatoms. The number of amides is 2. The van der Waals surface area contributed by atoms with Gasteiger partial charge in [0.15, 0.2) is 11.5 Å². The lowest BCUT2D eigenvalue weighted by Crippen LogP contribution is -2.30. The maximum Gasteiger partial charge on any atom is 0.293 e. The van der Waals surface area contributed by atoms with Crippen LogP contribution >= 0.6 is 0 Å². The molecule has 2 amide bonds. The van der Waals surface area contributed by atoms with Gasteiger partial charge in [-0.1, -0.05) is 56.8 Å². The molecule has 3 N–H and O–H groups in total. The van der Waals surface area contributed by atoms with Crippen molar-refractivity contribution in [2.45, 2.75) is 51.6 Å². The molecule has 1 aromatic carbocycles. The summed E-state index contributed by atoms with van der Waals surface area (Å²) in [5, 5.41) is 18.6. The summed E-state index contributed by atoms with van der Waals surface area (Å²) in [7, 11) is 0. The van der Waals surface area contributed by atoms with E-state index < -0.39 is 5.91 Å². The van der Waals surface area contributed by atoms with Gasteiger partial charge in [-0.05, 0) is 42.2 Å². The zero-order valence-corrected chi connectivity index (χ0v) is 22.5. The third-order valence-corrected chi connectivity index (χ3v) is 6.82. The molecule has 1 fully saturated rings. The first-order chi connectivity index (χ1) is 18.6. The number of aromatic nitrogens is 5. The Kier molecular flexibility index (Phi) is 6.90. The number of fused-ring (bicyclic) bond motifs is 1. The second-order valence-electron chi connectivity index (χ2n) is 10.8. The second kappa shape index (κ2) is 10.3. The lowest BCUT2D eigenvalue weighted by molar-refractivity contribution is -0.125. The van der Waals surface area contributed by atoms with Gasteiger partial charge < -0.3 is 20.1 Å². The Balaban J connectivity index is 1.31. The van der Waals surface area contributed by atoms with Gasteiger partial charge in [-0.2, -0.15) is 10.1 Å².